The standard InChI is InChI=1S/C21H19F2N3O4/c1-13(16-8-7-14(22)11-17(16)23)24-19(27)12-30-21(29)18-9-10-20(28)26(25-18)15-5-3-2-4-6-15/h2-8,11,13H,9-10,12H2,1H3,(H,24,27)/t13-/m1/s1. The third-order valence-electron chi connectivity index (χ3n) is 4.41. The van der Waals surface area contributed by atoms with Crippen LogP contribution < -0.4 is 10.3 Å². The lowest BCUT2D eigenvalue weighted by Crippen LogP contribution is -2.36. The molecule has 156 valence electrons. The van der Waals surface area contributed by atoms with Gasteiger partial charge in [-0.1, -0.05) is 24.3 Å². The minimum atomic E-state index is -0.820. The van der Waals surface area contributed by atoms with Crippen molar-refractivity contribution in [2.24, 2.45) is 5.10 Å². The van der Waals surface area contributed by atoms with Crippen LogP contribution in [0.3, 0.4) is 0 Å². The van der Waals surface area contributed by atoms with Crippen molar-refractivity contribution >= 4 is 29.2 Å². The number of amides is 2. The first-order chi connectivity index (χ1) is 14.3. The second-order valence-corrected chi connectivity index (χ2v) is 6.62. The Morgan fingerprint density at radius 1 is 1.17 bits per heavy atom. The zero-order valence-corrected chi connectivity index (χ0v) is 16.1. The Morgan fingerprint density at radius 3 is 2.60 bits per heavy atom. The molecule has 1 aliphatic rings. The average Bonchev–Trinajstić information content (AvgIpc) is 2.73. The number of nitrogens with one attached hydrogen (secondary N) is 1. The van der Waals surface area contributed by atoms with Gasteiger partial charge in [0.1, 0.15) is 17.3 Å². The maximum atomic E-state index is 13.8. The minimum Gasteiger partial charge on any atom is -0.451 e. The van der Waals surface area contributed by atoms with Crippen LogP contribution in [0.2, 0.25) is 0 Å². The van der Waals surface area contributed by atoms with Crippen LogP contribution >= 0.6 is 0 Å². The summed E-state index contributed by atoms with van der Waals surface area (Å²) in [7, 11) is 0. The zero-order chi connectivity index (χ0) is 21.7. The first-order valence-electron chi connectivity index (χ1n) is 9.22. The van der Waals surface area contributed by atoms with E-state index in [9.17, 15) is 23.2 Å². The third kappa shape index (κ3) is 5.05. The maximum absolute atomic E-state index is 13.8. The number of carbonyl (C=O) groups is 3. The topological polar surface area (TPSA) is 88.1 Å². The predicted molar refractivity (Wildman–Crippen MR) is 104 cm³/mol. The number of rotatable bonds is 6. The summed E-state index contributed by atoms with van der Waals surface area (Å²) < 4.78 is 31.8. The number of halogens is 2. The van der Waals surface area contributed by atoms with Gasteiger partial charge < -0.3 is 10.1 Å². The zero-order valence-electron chi connectivity index (χ0n) is 16.1. The molecule has 1 heterocycles. The highest BCUT2D eigenvalue weighted by Crippen LogP contribution is 2.20. The second kappa shape index (κ2) is 9.25. The van der Waals surface area contributed by atoms with Crippen molar-refractivity contribution in [3.8, 4) is 0 Å². The summed E-state index contributed by atoms with van der Waals surface area (Å²) in [5, 5.41) is 7.65. The van der Waals surface area contributed by atoms with Crippen LogP contribution in [0.15, 0.2) is 53.6 Å². The van der Waals surface area contributed by atoms with E-state index >= 15 is 0 Å². The predicted octanol–water partition coefficient (Wildman–Crippen LogP) is 2.87. The van der Waals surface area contributed by atoms with Crippen molar-refractivity contribution in [3.63, 3.8) is 0 Å². The highest BCUT2D eigenvalue weighted by molar-refractivity contribution is 6.38. The van der Waals surface area contributed by atoms with E-state index in [-0.39, 0.29) is 30.0 Å². The molecule has 0 spiro atoms. The van der Waals surface area contributed by atoms with Crippen molar-refractivity contribution in [2.45, 2.75) is 25.8 Å². The molecule has 0 unspecified atom stereocenters. The number of carbonyl (C=O) groups excluding carboxylic acids is 3. The molecule has 0 saturated heterocycles. The Hall–Kier alpha value is -3.62. The van der Waals surface area contributed by atoms with E-state index < -0.39 is 36.2 Å². The van der Waals surface area contributed by atoms with E-state index in [1.807, 2.05) is 0 Å². The third-order valence-corrected chi connectivity index (χ3v) is 4.41. The normalized spacial score (nSPS) is 14.7. The molecule has 0 bridgehead atoms. The Kier molecular flexibility index (Phi) is 6.51. The van der Waals surface area contributed by atoms with Crippen molar-refractivity contribution in [1.82, 2.24) is 5.32 Å². The summed E-state index contributed by atoms with van der Waals surface area (Å²) in [5.41, 5.74) is 0.633. The van der Waals surface area contributed by atoms with Crippen LogP contribution in [-0.2, 0) is 19.1 Å². The van der Waals surface area contributed by atoms with Crippen LogP contribution in [0, 0.1) is 11.6 Å². The Labute approximate surface area is 171 Å². The summed E-state index contributed by atoms with van der Waals surface area (Å²) in [5.74, 6) is -3.25. The van der Waals surface area contributed by atoms with E-state index in [4.69, 9.17) is 4.74 Å². The van der Waals surface area contributed by atoms with Gasteiger partial charge in [0.2, 0.25) is 5.91 Å². The summed E-state index contributed by atoms with van der Waals surface area (Å²) >= 11 is 0. The fourth-order valence-corrected chi connectivity index (χ4v) is 2.90. The van der Waals surface area contributed by atoms with Crippen molar-refractivity contribution in [1.29, 1.82) is 0 Å². The van der Waals surface area contributed by atoms with Gasteiger partial charge in [0.25, 0.3) is 5.91 Å². The number of hydrazone groups is 1. The molecule has 7 nitrogen and oxygen atoms in total. The van der Waals surface area contributed by atoms with Gasteiger partial charge in [0.15, 0.2) is 6.61 Å². The first-order valence-corrected chi connectivity index (χ1v) is 9.22. The molecule has 0 saturated carbocycles. The number of para-hydroxylation sites is 1. The largest absolute Gasteiger partial charge is 0.451 e. The lowest BCUT2D eigenvalue weighted by molar-refractivity contribution is -0.142. The van der Waals surface area contributed by atoms with Gasteiger partial charge in [-0.05, 0) is 25.1 Å². The van der Waals surface area contributed by atoms with Crippen molar-refractivity contribution < 1.29 is 27.9 Å². The molecule has 2 amide bonds. The fraction of sp³-hybridized carbons (Fsp3) is 0.238. The molecule has 0 aromatic heterocycles. The molecule has 0 fully saturated rings. The molecule has 1 atom stereocenters. The van der Waals surface area contributed by atoms with E-state index in [0.29, 0.717) is 5.69 Å². The molecule has 1 aliphatic heterocycles. The molecule has 0 radical (unpaired) electrons. The van der Waals surface area contributed by atoms with Crippen LogP contribution in [0.1, 0.15) is 31.4 Å². The number of benzene rings is 2. The smallest absolute Gasteiger partial charge is 0.355 e. The molecule has 2 aromatic carbocycles. The van der Waals surface area contributed by atoms with Gasteiger partial charge >= 0.3 is 5.97 Å². The number of ether oxygens (including phenoxy) is 1. The number of anilines is 1. The molecule has 1 N–H and O–H groups in total. The van der Waals surface area contributed by atoms with E-state index in [0.717, 1.165) is 17.1 Å². The highest BCUT2D eigenvalue weighted by atomic mass is 19.1. The van der Waals surface area contributed by atoms with Gasteiger partial charge in [0, 0.05) is 24.5 Å². The molecular weight excluding hydrogens is 396 g/mol. The summed E-state index contributed by atoms with van der Waals surface area (Å²) in [6.07, 6.45) is 0.176. The lowest BCUT2D eigenvalue weighted by Gasteiger charge is -2.22. The fourth-order valence-electron chi connectivity index (χ4n) is 2.90. The first kappa shape index (κ1) is 21.1. The van der Waals surface area contributed by atoms with E-state index in [1.54, 1.807) is 30.3 Å². The van der Waals surface area contributed by atoms with Crippen molar-refractivity contribution in [2.75, 3.05) is 11.6 Å². The number of nitrogens with zero attached hydrogens (tertiary/aromatic N) is 2. The van der Waals surface area contributed by atoms with E-state index in [2.05, 4.69) is 10.4 Å². The number of hydrogen-bond acceptors (Lipinski definition) is 5. The SMILES string of the molecule is C[C@@H](NC(=O)COC(=O)C1=NN(c2ccccc2)C(=O)CC1)c1ccc(F)cc1F. The van der Waals surface area contributed by atoms with Crippen molar-refractivity contribution in [3.05, 3.63) is 65.7 Å². The summed E-state index contributed by atoms with van der Waals surface area (Å²) in [6, 6.07) is 10.9. The monoisotopic (exact) mass is 415 g/mol. The highest BCUT2D eigenvalue weighted by Gasteiger charge is 2.27. The van der Waals surface area contributed by atoms with Gasteiger partial charge in [-0.15, -0.1) is 0 Å². The van der Waals surface area contributed by atoms with Crippen LogP contribution in [0.25, 0.3) is 0 Å². The van der Waals surface area contributed by atoms with Gasteiger partial charge in [-0.3, -0.25) is 9.59 Å². The van der Waals surface area contributed by atoms with E-state index in [1.165, 1.54) is 13.0 Å². The molecule has 2 aromatic rings. The molecule has 3 rings (SSSR count). The molecule has 0 aliphatic carbocycles. The second-order valence-electron chi connectivity index (χ2n) is 6.62. The van der Waals surface area contributed by atoms with Gasteiger partial charge in [0.05, 0.1) is 11.7 Å². The van der Waals surface area contributed by atoms with Crippen LogP contribution in [-0.4, -0.2) is 30.1 Å². The summed E-state index contributed by atoms with van der Waals surface area (Å²) in [4.78, 5) is 36.4. The maximum Gasteiger partial charge on any atom is 0.355 e. The summed E-state index contributed by atoms with van der Waals surface area (Å²) in [6.45, 7) is 0.912. The average molecular weight is 415 g/mol. The Morgan fingerprint density at radius 2 is 1.90 bits per heavy atom. The van der Waals surface area contributed by atoms with Crippen LogP contribution in [0.5, 0.6) is 0 Å². The van der Waals surface area contributed by atoms with Gasteiger partial charge in [-0.2, -0.15) is 5.10 Å². The van der Waals surface area contributed by atoms with Gasteiger partial charge in [-0.25, -0.2) is 18.6 Å². The van der Waals surface area contributed by atoms with Crippen LogP contribution in [0.4, 0.5) is 14.5 Å². The molecular formula is C21H19F2N3O4. The Bertz CT molecular complexity index is 995. The lowest BCUT2D eigenvalue weighted by atomic mass is 10.1. The Balaban J connectivity index is 1.58. The number of esters is 1. The molecule has 9 heteroatoms. The number of hydrogen-bond donors (Lipinski definition) is 1. The minimum absolute atomic E-state index is 0.0175. The quantitative estimate of drug-likeness (QED) is 0.735. The molecule has 30 heavy (non-hydrogen) atoms.